The number of hydrogen-bond acceptors (Lipinski definition) is 3. The largest absolute Gasteiger partial charge is 0.394 e. The van der Waals surface area contributed by atoms with Crippen LogP contribution in [0.25, 0.3) is 0 Å². The molecule has 0 amide bonds. The maximum atomic E-state index is 7.62. The van der Waals surface area contributed by atoms with E-state index in [4.69, 9.17) is 14.9 Å². The minimum absolute atomic E-state index is 0.125. The molecule has 0 aliphatic heterocycles. The maximum Gasteiger partial charge on any atom is 0.0662 e. The van der Waals surface area contributed by atoms with Crippen LogP contribution in [-0.4, -0.2) is 36.6 Å². The smallest absolute Gasteiger partial charge is 0.0662 e. The second kappa shape index (κ2) is 154. The molecule has 0 aromatic rings. The first-order chi connectivity index (χ1) is 23.2. The SMILES string of the molecule is C=C.C=C.C=C.C=C.C=C.C=C.C=C.C=C.CCCCCC.CCCCCCCCCCOCCCCCCCCCC.OCCO. The van der Waals surface area contributed by atoms with E-state index in [1.54, 1.807) is 0 Å². The Morgan fingerprint density at radius 3 is 0.596 bits per heavy atom. The molecule has 3 heteroatoms. The zero-order valence-corrected chi connectivity index (χ0v) is 33.6. The number of unbranched alkanes of at least 4 members (excludes halogenated alkanes) is 17. The number of ether oxygens (including phenoxy) is 1. The monoisotopic (exact) mass is 671 g/mol. The van der Waals surface area contributed by atoms with E-state index >= 15 is 0 Å². The van der Waals surface area contributed by atoms with Crippen LogP contribution in [0.2, 0.25) is 0 Å². The van der Waals surface area contributed by atoms with Gasteiger partial charge in [0.15, 0.2) is 0 Å². The number of aliphatic hydroxyl groups excluding tert-OH is 2. The Labute approximate surface area is 302 Å². The van der Waals surface area contributed by atoms with Gasteiger partial charge in [0.05, 0.1) is 13.2 Å². The van der Waals surface area contributed by atoms with Crippen LogP contribution in [0, 0.1) is 0 Å². The van der Waals surface area contributed by atoms with Gasteiger partial charge in [-0.3, -0.25) is 0 Å². The lowest BCUT2D eigenvalue weighted by molar-refractivity contribution is 0.125. The zero-order valence-electron chi connectivity index (χ0n) is 33.6. The van der Waals surface area contributed by atoms with Gasteiger partial charge < -0.3 is 14.9 Å². The molecule has 0 saturated carbocycles. The van der Waals surface area contributed by atoms with E-state index in [0.717, 1.165) is 13.2 Å². The molecule has 0 heterocycles. The summed E-state index contributed by atoms with van der Waals surface area (Å²) in [5, 5.41) is 15.2. The van der Waals surface area contributed by atoms with E-state index in [2.05, 4.69) is 133 Å². The summed E-state index contributed by atoms with van der Waals surface area (Å²) in [6.07, 6.45) is 27.8. The molecule has 0 spiro atoms. The lowest BCUT2D eigenvalue weighted by Gasteiger charge is -2.05. The van der Waals surface area contributed by atoms with Crippen LogP contribution in [0.5, 0.6) is 0 Å². The molecule has 288 valence electrons. The molecule has 0 aliphatic carbocycles. The quantitative estimate of drug-likeness (QED) is 0.0890. The molecule has 0 unspecified atom stereocenters. The Kier molecular flexibility index (Phi) is 247. The standard InChI is InChI=1S/C20H42O.C6H14.C2H6O2.8C2H4/c1-3-5-7-9-11-13-15-17-19-21-20-18-16-14-12-10-8-6-4-2;1-3-5-6-4-2;3-1-2-4;8*1-2/h3-20H2,1-2H3;3-6H2,1-2H3;3-4H,1-2H2;8*1-2H2. The van der Waals surface area contributed by atoms with Crippen molar-refractivity contribution in [2.24, 2.45) is 0 Å². The second-order valence-corrected chi connectivity index (χ2v) is 8.72. The summed E-state index contributed by atoms with van der Waals surface area (Å²) < 4.78 is 5.72. The average Bonchev–Trinajstić information content (AvgIpc) is 3.18. The van der Waals surface area contributed by atoms with Crippen molar-refractivity contribution < 1.29 is 14.9 Å². The predicted molar refractivity (Wildman–Crippen MR) is 230 cm³/mol. The topological polar surface area (TPSA) is 49.7 Å². The summed E-state index contributed by atoms with van der Waals surface area (Å²) >= 11 is 0. The number of hydrogen-bond donors (Lipinski definition) is 2. The van der Waals surface area contributed by atoms with E-state index in [1.165, 1.54) is 128 Å². The highest BCUT2D eigenvalue weighted by atomic mass is 16.5. The van der Waals surface area contributed by atoms with Crippen molar-refractivity contribution in [3.05, 3.63) is 105 Å². The fourth-order valence-electron chi connectivity index (χ4n) is 3.28. The van der Waals surface area contributed by atoms with Gasteiger partial charge >= 0.3 is 0 Å². The highest BCUT2D eigenvalue weighted by Gasteiger charge is 1.94. The van der Waals surface area contributed by atoms with Crippen molar-refractivity contribution in [3.63, 3.8) is 0 Å². The second-order valence-electron chi connectivity index (χ2n) is 8.72. The van der Waals surface area contributed by atoms with Gasteiger partial charge in [-0.05, 0) is 12.8 Å². The van der Waals surface area contributed by atoms with Gasteiger partial charge in [0.2, 0.25) is 0 Å². The first-order valence-corrected chi connectivity index (χ1v) is 18.0. The van der Waals surface area contributed by atoms with Crippen LogP contribution in [0.4, 0.5) is 0 Å². The van der Waals surface area contributed by atoms with E-state index in [0.29, 0.717) is 0 Å². The first-order valence-electron chi connectivity index (χ1n) is 18.0. The van der Waals surface area contributed by atoms with E-state index < -0.39 is 0 Å². The molecule has 0 rings (SSSR count). The van der Waals surface area contributed by atoms with Crippen molar-refractivity contribution in [2.75, 3.05) is 26.4 Å². The van der Waals surface area contributed by atoms with Gasteiger partial charge in [0.25, 0.3) is 0 Å². The van der Waals surface area contributed by atoms with Crippen LogP contribution in [0.3, 0.4) is 0 Å². The number of aliphatic hydroxyl groups is 2. The molecule has 0 aromatic carbocycles. The van der Waals surface area contributed by atoms with Gasteiger partial charge in [-0.2, -0.15) is 0 Å². The Balaban J connectivity index is -0.0000000455. The fraction of sp³-hybridized carbons (Fsp3) is 0.636. The van der Waals surface area contributed by atoms with Crippen LogP contribution in [0.1, 0.15) is 156 Å². The normalized spacial score (nSPS) is 7.45. The molecule has 0 atom stereocenters. The van der Waals surface area contributed by atoms with Crippen molar-refractivity contribution in [1.82, 2.24) is 0 Å². The summed E-state index contributed by atoms with van der Waals surface area (Å²) in [6.45, 7) is 58.8. The molecular formula is C44H94O3. The third-order valence-electron chi connectivity index (χ3n) is 5.34. The Morgan fingerprint density at radius 1 is 0.277 bits per heavy atom. The van der Waals surface area contributed by atoms with Crippen LogP contribution in [0.15, 0.2) is 105 Å². The molecule has 2 N–H and O–H groups in total. The minimum atomic E-state index is -0.125. The number of rotatable bonds is 22. The molecule has 0 fully saturated rings. The maximum absolute atomic E-state index is 7.62. The average molecular weight is 671 g/mol. The minimum Gasteiger partial charge on any atom is -0.394 e. The first kappa shape index (κ1) is 75.2. The zero-order chi connectivity index (χ0) is 39.7. The van der Waals surface area contributed by atoms with Crippen LogP contribution in [-0.2, 0) is 4.74 Å². The summed E-state index contributed by atoms with van der Waals surface area (Å²) in [5.41, 5.74) is 0. The summed E-state index contributed by atoms with van der Waals surface area (Å²) in [6, 6.07) is 0. The van der Waals surface area contributed by atoms with Gasteiger partial charge in [-0.25, -0.2) is 0 Å². The van der Waals surface area contributed by atoms with Gasteiger partial charge in [-0.15, -0.1) is 105 Å². The van der Waals surface area contributed by atoms with Crippen LogP contribution < -0.4 is 0 Å². The molecular weight excluding hydrogens is 576 g/mol. The highest BCUT2D eigenvalue weighted by molar-refractivity contribution is 4.48. The Morgan fingerprint density at radius 2 is 0.426 bits per heavy atom. The van der Waals surface area contributed by atoms with Crippen molar-refractivity contribution in [2.45, 2.75) is 156 Å². The third kappa shape index (κ3) is 195. The highest BCUT2D eigenvalue weighted by Crippen LogP contribution is 2.10. The summed E-state index contributed by atoms with van der Waals surface area (Å²) in [5.74, 6) is 0. The summed E-state index contributed by atoms with van der Waals surface area (Å²) in [7, 11) is 0. The molecule has 3 nitrogen and oxygen atoms in total. The van der Waals surface area contributed by atoms with Crippen molar-refractivity contribution in [3.8, 4) is 0 Å². The lowest BCUT2D eigenvalue weighted by atomic mass is 10.1. The molecule has 0 aromatic heterocycles. The van der Waals surface area contributed by atoms with E-state index in [9.17, 15) is 0 Å². The Hall–Kier alpha value is -2.20. The summed E-state index contributed by atoms with van der Waals surface area (Å²) in [4.78, 5) is 0. The van der Waals surface area contributed by atoms with Crippen molar-refractivity contribution >= 4 is 0 Å². The molecule has 0 aliphatic rings. The van der Waals surface area contributed by atoms with E-state index in [-0.39, 0.29) is 13.2 Å². The molecule has 0 radical (unpaired) electrons. The van der Waals surface area contributed by atoms with Gasteiger partial charge in [0.1, 0.15) is 0 Å². The van der Waals surface area contributed by atoms with Crippen molar-refractivity contribution in [1.29, 1.82) is 0 Å². The van der Waals surface area contributed by atoms with Crippen LogP contribution >= 0.6 is 0 Å². The van der Waals surface area contributed by atoms with Gasteiger partial charge in [0, 0.05) is 13.2 Å². The lowest BCUT2D eigenvalue weighted by Crippen LogP contribution is -1.97. The van der Waals surface area contributed by atoms with Gasteiger partial charge in [-0.1, -0.05) is 143 Å². The molecule has 0 bridgehead atoms. The Bertz CT molecular complexity index is 301. The molecule has 0 saturated heterocycles. The molecule has 47 heavy (non-hydrogen) atoms. The predicted octanol–water partition coefficient (Wildman–Crippen LogP) is 15.3. The third-order valence-corrected chi connectivity index (χ3v) is 5.34. The fourth-order valence-corrected chi connectivity index (χ4v) is 3.28. The van der Waals surface area contributed by atoms with E-state index in [1.807, 2.05) is 0 Å².